The maximum Gasteiger partial charge on any atom is 0.435 e. The third kappa shape index (κ3) is 4.44. The summed E-state index contributed by atoms with van der Waals surface area (Å²) in [6, 6.07) is 0.464. The molecule has 0 saturated heterocycles. The van der Waals surface area contributed by atoms with Crippen LogP contribution < -0.4 is 14.8 Å². The van der Waals surface area contributed by atoms with Crippen LogP contribution in [0.1, 0.15) is 21.7 Å². The molecule has 3 aromatic heterocycles. The lowest BCUT2D eigenvalue weighted by atomic mass is 10.2. The van der Waals surface area contributed by atoms with Gasteiger partial charge in [-0.05, 0) is 6.07 Å². The topological polar surface area (TPSA) is 104 Å². The second-order valence-electron chi connectivity index (χ2n) is 5.95. The van der Waals surface area contributed by atoms with E-state index < -0.39 is 45.4 Å². The zero-order chi connectivity index (χ0) is 23.8. The molecular weight excluding hydrogens is 470 g/mol. The van der Waals surface area contributed by atoms with Crippen molar-refractivity contribution in [1.29, 1.82) is 0 Å². The Balaban J connectivity index is 2.06. The fourth-order valence-electron chi connectivity index (χ4n) is 2.58. The number of rotatable bonds is 5. The van der Waals surface area contributed by atoms with Crippen molar-refractivity contribution in [2.24, 2.45) is 7.05 Å². The van der Waals surface area contributed by atoms with E-state index in [1.807, 2.05) is 0 Å². The van der Waals surface area contributed by atoms with Crippen molar-refractivity contribution in [3.8, 4) is 22.3 Å². The fraction of sp³-hybridized carbons (Fsp3) is 0.312. The maximum atomic E-state index is 13.5. The van der Waals surface area contributed by atoms with Crippen LogP contribution in [-0.4, -0.2) is 44.9 Å². The third-order valence-electron chi connectivity index (χ3n) is 3.91. The molecule has 1 N–H and O–H groups in total. The highest BCUT2D eigenvalue weighted by molar-refractivity contribution is 7.19. The number of thiazole rings is 1. The second kappa shape index (κ2) is 8.25. The van der Waals surface area contributed by atoms with Crippen molar-refractivity contribution in [3.63, 3.8) is 0 Å². The molecule has 1 amide bonds. The van der Waals surface area contributed by atoms with Gasteiger partial charge in [-0.25, -0.2) is 15.0 Å². The van der Waals surface area contributed by atoms with E-state index in [9.17, 15) is 31.1 Å². The Hall–Kier alpha value is -3.43. The highest BCUT2D eigenvalue weighted by atomic mass is 32.1. The molecule has 0 aliphatic heterocycles. The van der Waals surface area contributed by atoms with Gasteiger partial charge in [-0.2, -0.15) is 31.4 Å². The summed E-state index contributed by atoms with van der Waals surface area (Å²) in [4.78, 5) is 22.8. The first-order chi connectivity index (χ1) is 14.9. The van der Waals surface area contributed by atoms with Crippen molar-refractivity contribution in [3.05, 3.63) is 29.3 Å². The third-order valence-corrected chi connectivity index (χ3v) is 4.90. The van der Waals surface area contributed by atoms with Gasteiger partial charge in [-0.15, -0.1) is 0 Å². The van der Waals surface area contributed by atoms with Gasteiger partial charge in [0.2, 0.25) is 11.8 Å². The minimum Gasteiger partial charge on any atom is -0.480 e. The molecule has 172 valence electrons. The number of alkyl halides is 6. The molecule has 0 aliphatic rings. The molecule has 0 saturated carbocycles. The molecule has 0 atom stereocenters. The highest BCUT2D eigenvalue weighted by Crippen LogP contribution is 2.43. The van der Waals surface area contributed by atoms with Gasteiger partial charge in [0.1, 0.15) is 6.33 Å². The number of hydrogen-bond donors (Lipinski definition) is 1. The molecule has 16 heteroatoms. The van der Waals surface area contributed by atoms with Crippen LogP contribution in [0.3, 0.4) is 0 Å². The summed E-state index contributed by atoms with van der Waals surface area (Å²) in [7, 11) is 3.45. The predicted octanol–water partition coefficient (Wildman–Crippen LogP) is 3.64. The zero-order valence-corrected chi connectivity index (χ0v) is 17.1. The summed E-state index contributed by atoms with van der Waals surface area (Å²) in [5.41, 5.74) is -3.67. The van der Waals surface area contributed by atoms with Gasteiger partial charge in [0.15, 0.2) is 22.1 Å². The van der Waals surface area contributed by atoms with Crippen molar-refractivity contribution < 1.29 is 40.6 Å². The molecule has 3 aromatic rings. The summed E-state index contributed by atoms with van der Waals surface area (Å²) in [6.07, 6.45) is -8.85. The van der Waals surface area contributed by atoms with E-state index in [2.05, 4.69) is 25.4 Å². The normalized spacial score (nSPS) is 12.0. The first-order valence-corrected chi connectivity index (χ1v) is 9.12. The number of aryl methyl sites for hydroxylation is 1. The molecule has 0 aliphatic carbocycles. The molecule has 0 aromatic carbocycles. The molecule has 3 heterocycles. The van der Waals surface area contributed by atoms with Gasteiger partial charge in [-0.1, -0.05) is 11.3 Å². The number of halogens is 6. The Morgan fingerprint density at radius 2 is 1.66 bits per heavy atom. The van der Waals surface area contributed by atoms with Crippen LogP contribution in [-0.2, 0) is 19.4 Å². The Morgan fingerprint density at radius 3 is 2.12 bits per heavy atom. The van der Waals surface area contributed by atoms with Crippen LogP contribution in [0, 0.1) is 0 Å². The molecule has 0 spiro atoms. The van der Waals surface area contributed by atoms with Gasteiger partial charge < -0.3 is 9.47 Å². The van der Waals surface area contributed by atoms with Crippen molar-refractivity contribution in [2.75, 3.05) is 19.5 Å². The number of nitrogens with zero attached hydrogens (tertiary/aromatic N) is 5. The molecule has 9 nitrogen and oxygen atoms in total. The summed E-state index contributed by atoms with van der Waals surface area (Å²) < 4.78 is 90.0. The standard InChI is InChI=1S/C16H12F6N6O3S/c1-28-6(4-7(27-28)15(17,18)19)9-10(16(20,21)22)25-14(32-9)26-11(29)8-12(30-2)23-5-24-13(8)31-3/h4-5H,1-3H3,(H,25,26,29). The van der Waals surface area contributed by atoms with E-state index >= 15 is 0 Å². The summed E-state index contributed by atoms with van der Waals surface area (Å²) >= 11 is 0.314. The van der Waals surface area contributed by atoms with Crippen LogP contribution in [0.4, 0.5) is 31.5 Å². The van der Waals surface area contributed by atoms with Crippen molar-refractivity contribution in [2.45, 2.75) is 12.4 Å². The van der Waals surface area contributed by atoms with Crippen LogP contribution >= 0.6 is 11.3 Å². The average molecular weight is 482 g/mol. The molecule has 3 rings (SSSR count). The quantitative estimate of drug-likeness (QED) is 0.554. The molecule has 0 unspecified atom stereocenters. The molecule has 0 fully saturated rings. The number of ether oxygens (including phenoxy) is 2. The monoisotopic (exact) mass is 482 g/mol. The van der Waals surface area contributed by atoms with Gasteiger partial charge in [0, 0.05) is 7.05 Å². The lowest BCUT2D eigenvalue weighted by Crippen LogP contribution is -2.16. The summed E-state index contributed by atoms with van der Waals surface area (Å²) in [5.74, 6) is -1.44. The van der Waals surface area contributed by atoms with Crippen LogP contribution in [0.5, 0.6) is 11.8 Å². The van der Waals surface area contributed by atoms with E-state index in [1.165, 1.54) is 14.2 Å². The number of anilines is 1. The average Bonchev–Trinajstić information content (AvgIpc) is 3.30. The largest absolute Gasteiger partial charge is 0.480 e. The van der Waals surface area contributed by atoms with E-state index in [1.54, 1.807) is 0 Å². The van der Waals surface area contributed by atoms with Gasteiger partial charge in [-0.3, -0.25) is 14.8 Å². The fourth-order valence-corrected chi connectivity index (χ4v) is 3.60. The van der Waals surface area contributed by atoms with Crippen LogP contribution in [0.2, 0.25) is 0 Å². The highest BCUT2D eigenvalue weighted by Gasteiger charge is 2.41. The number of amides is 1. The number of carbonyl (C=O) groups is 1. The molecule has 0 bridgehead atoms. The lowest BCUT2D eigenvalue weighted by Gasteiger charge is -2.09. The smallest absolute Gasteiger partial charge is 0.435 e. The van der Waals surface area contributed by atoms with Crippen molar-refractivity contribution >= 4 is 22.4 Å². The van der Waals surface area contributed by atoms with E-state index in [-0.39, 0.29) is 17.3 Å². The molecule has 0 radical (unpaired) electrons. The van der Waals surface area contributed by atoms with E-state index in [0.717, 1.165) is 13.4 Å². The first-order valence-electron chi connectivity index (χ1n) is 8.30. The Bertz CT molecular complexity index is 1130. The number of hydrogen-bond acceptors (Lipinski definition) is 8. The predicted molar refractivity (Wildman–Crippen MR) is 97.4 cm³/mol. The number of carbonyl (C=O) groups excluding carboxylic acids is 1. The molecule has 32 heavy (non-hydrogen) atoms. The number of aromatic nitrogens is 5. The maximum absolute atomic E-state index is 13.5. The zero-order valence-electron chi connectivity index (χ0n) is 16.3. The minimum atomic E-state index is -5.03. The summed E-state index contributed by atoms with van der Waals surface area (Å²) in [5, 5.41) is 4.81. The number of methoxy groups -OCH3 is 2. The minimum absolute atomic E-state index is 0.219. The Morgan fingerprint density at radius 1 is 1.06 bits per heavy atom. The Labute approximate surface area is 179 Å². The number of nitrogens with one attached hydrogen (secondary N) is 1. The van der Waals surface area contributed by atoms with Gasteiger partial charge in [0.05, 0.1) is 24.8 Å². The first kappa shape index (κ1) is 23.2. The van der Waals surface area contributed by atoms with Gasteiger partial charge >= 0.3 is 12.4 Å². The van der Waals surface area contributed by atoms with E-state index in [4.69, 9.17) is 9.47 Å². The lowest BCUT2D eigenvalue weighted by molar-refractivity contribution is -0.141. The van der Waals surface area contributed by atoms with Crippen molar-refractivity contribution in [1.82, 2.24) is 24.7 Å². The molecular formula is C16H12F6N6O3S. The van der Waals surface area contributed by atoms with E-state index in [0.29, 0.717) is 22.1 Å². The van der Waals surface area contributed by atoms with Crippen LogP contribution in [0.15, 0.2) is 12.4 Å². The SMILES string of the molecule is COc1ncnc(OC)c1C(=O)Nc1nc(C(F)(F)F)c(-c2cc(C(F)(F)F)nn2C)s1. The summed E-state index contributed by atoms with van der Waals surface area (Å²) in [6.45, 7) is 0. The van der Waals surface area contributed by atoms with Crippen LogP contribution in [0.25, 0.3) is 10.6 Å². The van der Waals surface area contributed by atoms with Gasteiger partial charge in [0.25, 0.3) is 5.91 Å². The Kier molecular flexibility index (Phi) is 5.99. The second-order valence-corrected chi connectivity index (χ2v) is 6.95.